The highest BCUT2D eigenvalue weighted by Gasteiger charge is 1.95. The maximum Gasteiger partial charge on any atom is 0.216 e. The molecule has 5 nitrogen and oxygen atoms in total. The molecule has 0 fully saturated rings. The highest BCUT2D eigenvalue weighted by molar-refractivity contribution is 7.85. The molecule has 1 amide bonds. The lowest BCUT2D eigenvalue weighted by Crippen LogP contribution is -2.22. The second-order valence-electron chi connectivity index (χ2n) is 1.87. The number of amides is 1. The van der Waals surface area contributed by atoms with Crippen molar-refractivity contribution >= 4 is 16.0 Å². The van der Waals surface area contributed by atoms with Crippen LogP contribution >= 0.6 is 0 Å². The lowest BCUT2D eigenvalue weighted by atomic mass is 10.5. The van der Waals surface area contributed by atoms with E-state index in [2.05, 4.69) is 0 Å². The Morgan fingerprint density at radius 2 is 2.36 bits per heavy atom. The summed E-state index contributed by atoms with van der Waals surface area (Å²) in [5.41, 5.74) is 0. The minimum atomic E-state index is -4.30. The third kappa shape index (κ3) is 9.38. The molecule has 0 aromatic heterocycles. The van der Waals surface area contributed by atoms with E-state index in [0.717, 1.165) is 0 Å². The number of hydrogen-bond acceptors (Lipinski definition) is 4. The Bertz CT molecular complexity index is 297. The van der Waals surface area contributed by atoms with Gasteiger partial charge in [-0.3, -0.25) is 4.79 Å². The molecule has 0 atom stereocenters. The van der Waals surface area contributed by atoms with Crippen LogP contribution in [0.2, 0.25) is 0 Å². The standard InChI is InChI=1S/C5H11NO4S/c1-5(7)6-3-2-4-11(8,9)10/h2-4H2,1H3,(H,6,7)(H,8,9,10)/p-1/i1D3. The van der Waals surface area contributed by atoms with Gasteiger partial charge in [-0.1, -0.05) is 0 Å². The smallest absolute Gasteiger partial charge is 0.216 e. The fourth-order valence-corrected chi connectivity index (χ4v) is 0.949. The Morgan fingerprint density at radius 3 is 2.82 bits per heavy atom. The number of rotatable bonds is 4. The molecule has 0 aliphatic carbocycles. The molecule has 11 heavy (non-hydrogen) atoms. The summed E-state index contributed by atoms with van der Waals surface area (Å²) in [5, 5.41) is 1.99. The normalized spacial score (nSPS) is 16.3. The number of hydrogen-bond donors (Lipinski definition) is 1. The van der Waals surface area contributed by atoms with Crippen LogP contribution in [0, 0.1) is 0 Å². The summed E-state index contributed by atoms with van der Waals surface area (Å²) in [5.74, 6) is -1.77. The topological polar surface area (TPSA) is 86.3 Å². The zero-order chi connectivity index (χ0) is 11.4. The van der Waals surface area contributed by atoms with E-state index in [1.807, 2.05) is 5.32 Å². The second-order valence-corrected chi connectivity index (χ2v) is 3.39. The molecule has 0 rings (SSSR count). The van der Waals surface area contributed by atoms with Crippen molar-refractivity contribution in [1.29, 1.82) is 0 Å². The molecule has 0 aromatic carbocycles. The molecule has 0 unspecified atom stereocenters. The molecule has 0 aliphatic rings. The molecule has 0 radical (unpaired) electrons. The predicted molar refractivity (Wildman–Crippen MR) is 37.9 cm³/mol. The summed E-state index contributed by atoms with van der Waals surface area (Å²) >= 11 is 0. The first kappa shape index (κ1) is 5.96. The molecule has 0 bridgehead atoms. The highest BCUT2D eigenvalue weighted by Crippen LogP contribution is 1.85. The van der Waals surface area contributed by atoms with Crippen LogP contribution in [-0.4, -0.2) is 31.2 Å². The van der Waals surface area contributed by atoms with Crippen LogP contribution in [0.1, 0.15) is 17.4 Å². The third-order valence-electron chi connectivity index (χ3n) is 0.857. The van der Waals surface area contributed by atoms with E-state index in [9.17, 15) is 17.8 Å². The molecular formula is C5H10NO4S-. The van der Waals surface area contributed by atoms with Gasteiger partial charge >= 0.3 is 0 Å². The predicted octanol–water partition coefficient (Wildman–Crippen LogP) is -0.942. The van der Waals surface area contributed by atoms with Crippen molar-refractivity contribution in [1.82, 2.24) is 5.32 Å². The van der Waals surface area contributed by atoms with Crippen LogP contribution in [0.4, 0.5) is 0 Å². The van der Waals surface area contributed by atoms with Crippen molar-refractivity contribution in [2.24, 2.45) is 0 Å². The first-order chi connectivity index (χ1) is 6.13. The fourth-order valence-electron chi connectivity index (χ4n) is 0.451. The quantitative estimate of drug-likeness (QED) is 0.450. The second kappa shape index (κ2) is 4.30. The molecule has 0 spiro atoms. The Hall–Kier alpha value is -0.620. The van der Waals surface area contributed by atoms with Gasteiger partial charge in [-0.25, -0.2) is 8.42 Å². The van der Waals surface area contributed by atoms with Gasteiger partial charge in [0.15, 0.2) is 0 Å². The number of carbonyl (C=O) groups is 1. The monoisotopic (exact) mass is 183 g/mol. The van der Waals surface area contributed by atoms with Crippen LogP contribution in [0.5, 0.6) is 0 Å². The third-order valence-corrected chi connectivity index (χ3v) is 1.65. The van der Waals surface area contributed by atoms with E-state index in [0.29, 0.717) is 0 Å². The zero-order valence-corrected chi connectivity index (χ0v) is 6.48. The van der Waals surface area contributed by atoms with Crippen LogP contribution in [0.15, 0.2) is 0 Å². The van der Waals surface area contributed by atoms with Crippen molar-refractivity contribution in [3.63, 3.8) is 0 Å². The summed E-state index contributed by atoms with van der Waals surface area (Å²) in [6.07, 6.45) is -0.0896. The highest BCUT2D eigenvalue weighted by atomic mass is 32.2. The Morgan fingerprint density at radius 1 is 1.73 bits per heavy atom. The fraction of sp³-hybridized carbons (Fsp3) is 0.800. The van der Waals surface area contributed by atoms with E-state index in [1.165, 1.54) is 0 Å². The van der Waals surface area contributed by atoms with Gasteiger partial charge in [0, 0.05) is 23.3 Å². The van der Waals surface area contributed by atoms with Crippen LogP contribution in [-0.2, 0) is 14.9 Å². The van der Waals surface area contributed by atoms with E-state index in [1.54, 1.807) is 0 Å². The number of nitrogens with one attached hydrogen (secondary N) is 1. The largest absolute Gasteiger partial charge is 0.748 e. The van der Waals surface area contributed by atoms with Crippen LogP contribution in [0.3, 0.4) is 0 Å². The molecule has 0 aromatic rings. The van der Waals surface area contributed by atoms with Gasteiger partial charge in [-0.05, 0) is 6.42 Å². The minimum Gasteiger partial charge on any atom is -0.748 e. The maximum absolute atomic E-state index is 10.7. The van der Waals surface area contributed by atoms with Gasteiger partial charge in [0.1, 0.15) is 0 Å². The van der Waals surface area contributed by atoms with Crippen LogP contribution < -0.4 is 5.32 Å². The van der Waals surface area contributed by atoms with E-state index >= 15 is 0 Å². The summed E-state index contributed by atoms with van der Waals surface area (Å²) in [6, 6.07) is 0. The van der Waals surface area contributed by atoms with E-state index in [-0.39, 0.29) is 13.0 Å². The molecule has 6 heteroatoms. The van der Waals surface area contributed by atoms with Crippen LogP contribution in [0.25, 0.3) is 0 Å². The zero-order valence-electron chi connectivity index (χ0n) is 8.66. The van der Waals surface area contributed by atoms with Crippen molar-refractivity contribution in [2.45, 2.75) is 13.3 Å². The van der Waals surface area contributed by atoms with Gasteiger partial charge in [0.25, 0.3) is 0 Å². The van der Waals surface area contributed by atoms with Gasteiger partial charge < -0.3 is 9.87 Å². The summed E-state index contributed by atoms with van der Waals surface area (Å²) < 4.78 is 50.2. The Balaban J connectivity index is 3.72. The molecule has 0 saturated carbocycles. The lowest BCUT2D eigenvalue weighted by Gasteiger charge is -2.05. The lowest BCUT2D eigenvalue weighted by molar-refractivity contribution is -0.118. The van der Waals surface area contributed by atoms with Crippen molar-refractivity contribution < 1.29 is 21.9 Å². The molecule has 66 valence electrons. The SMILES string of the molecule is [2H]C([2H])([2H])C(=O)NCCCS(=O)(=O)[O-]. The van der Waals surface area contributed by atoms with Gasteiger partial charge in [0.2, 0.25) is 5.91 Å². The summed E-state index contributed by atoms with van der Waals surface area (Å²) in [6.45, 7) is -2.88. The van der Waals surface area contributed by atoms with E-state index in [4.69, 9.17) is 4.11 Å². The molecular weight excluding hydrogens is 170 g/mol. The summed E-state index contributed by atoms with van der Waals surface area (Å²) in [7, 11) is -4.30. The van der Waals surface area contributed by atoms with Gasteiger partial charge in [0.05, 0.1) is 10.1 Å². The average molecular weight is 183 g/mol. The van der Waals surface area contributed by atoms with Crippen molar-refractivity contribution in [3.05, 3.63) is 0 Å². The van der Waals surface area contributed by atoms with Gasteiger partial charge in [-0.15, -0.1) is 0 Å². The Kier molecular flexibility index (Phi) is 2.33. The first-order valence-corrected chi connectivity index (χ1v) is 4.42. The van der Waals surface area contributed by atoms with Crippen molar-refractivity contribution in [2.75, 3.05) is 12.3 Å². The van der Waals surface area contributed by atoms with Gasteiger partial charge in [-0.2, -0.15) is 0 Å². The molecule has 0 saturated heterocycles. The molecule has 0 heterocycles. The Labute approximate surface area is 69.8 Å². The first-order valence-electron chi connectivity index (χ1n) is 4.35. The average Bonchev–Trinajstić information content (AvgIpc) is 1.93. The van der Waals surface area contributed by atoms with Crippen molar-refractivity contribution in [3.8, 4) is 0 Å². The molecule has 1 N–H and O–H groups in total. The summed E-state index contributed by atoms with van der Waals surface area (Å²) in [4.78, 5) is 10.7. The maximum atomic E-state index is 10.7. The minimum absolute atomic E-state index is 0.0896. The number of carbonyl (C=O) groups excluding carboxylic acids is 1. The molecule has 0 aliphatic heterocycles. The van der Waals surface area contributed by atoms with E-state index < -0.39 is 28.6 Å².